The predicted molar refractivity (Wildman–Crippen MR) is 86.0 cm³/mol. The van der Waals surface area contributed by atoms with Gasteiger partial charge in [-0.15, -0.1) is 12.6 Å². The third-order valence-corrected chi connectivity index (χ3v) is 3.50. The summed E-state index contributed by atoms with van der Waals surface area (Å²) >= 11 is 4.17. The highest BCUT2D eigenvalue weighted by Crippen LogP contribution is 2.21. The molecule has 2 aromatic rings. The molecule has 126 valence electrons. The first-order chi connectivity index (χ1) is 11.3. The van der Waals surface area contributed by atoms with Gasteiger partial charge in [0.25, 0.3) is 5.91 Å². The molecule has 0 radical (unpaired) electrons. The normalized spacial score (nSPS) is 11.0. The molecule has 0 aliphatic heterocycles. The lowest BCUT2D eigenvalue weighted by atomic mass is 10.1. The first-order valence-electron chi connectivity index (χ1n) is 6.81. The number of hydrogen-bond donors (Lipinski definition) is 3. The first kappa shape index (κ1) is 17.9. The van der Waals surface area contributed by atoms with E-state index >= 15 is 0 Å². The second kappa shape index (κ2) is 7.39. The van der Waals surface area contributed by atoms with Crippen LogP contribution in [0.25, 0.3) is 0 Å². The first-order valence-corrected chi connectivity index (χ1v) is 7.26. The molecule has 0 aromatic heterocycles. The summed E-state index contributed by atoms with van der Waals surface area (Å²) < 4.78 is 37.1. The Morgan fingerprint density at radius 3 is 2.29 bits per heavy atom. The van der Waals surface area contributed by atoms with Crippen molar-refractivity contribution in [1.82, 2.24) is 5.32 Å². The molecule has 8 heteroatoms. The smallest absolute Gasteiger partial charge is 0.348 e. The highest BCUT2D eigenvalue weighted by Gasteiger charge is 2.38. The van der Waals surface area contributed by atoms with Crippen molar-refractivity contribution in [2.45, 2.75) is 17.6 Å². The minimum Gasteiger partial charge on any atom is -0.348 e. The second-order valence-corrected chi connectivity index (χ2v) is 5.29. The minimum atomic E-state index is -4.98. The lowest BCUT2D eigenvalue weighted by Gasteiger charge is -2.13. The van der Waals surface area contributed by atoms with Crippen LogP contribution in [-0.2, 0) is 11.3 Å². The van der Waals surface area contributed by atoms with Gasteiger partial charge in [-0.2, -0.15) is 13.2 Å². The Hall–Kier alpha value is -2.48. The van der Waals surface area contributed by atoms with Crippen LogP contribution in [0, 0.1) is 0 Å². The molecule has 0 fully saturated rings. The number of para-hydroxylation sites is 1. The lowest BCUT2D eigenvalue weighted by Crippen LogP contribution is -2.31. The van der Waals surface area contributed by atoms with Gasteiger partial charge in [-0.3, -0.25) is 9.59 Å². The topological polar surface area (TPSA) is 58.2 Å². The number of hydrogen-bond acceptors (Lipinski definition) is 3. The Bertz CT molecular complexity index is 763. The van der Waals surface area contributed by atoms with Crippen molar-refractivity contribution in [2.24, 2.45) is 0 Å². The van der Waals surface area contributed by atoms with Gasteiger partial charge in [-0.05, 0) is 23.8 Å². The number of carbonyl (C=O) groups excluding carboxylic acids is 2. The fourth-order valence-electron chi connectivity index (χ4n) is 1.93. The van der Waals surface area contributed by atoms with Gasteiger partial charge in [0.05, 0.1) is 5.56 Å². The zero-order chi connectivity index (χ0) is 17.7. The van der Waals surface area contributed by atoms with E-state index in [0.717, 1.165) is 0 Å². The van der Waals surface area contributed by atoms with Crippen molar-refractivity contribution in [3.8, 4) is 0 Å². The van der Waals surface area contributed by atoms with E-state index in [2.05, 4.69) is 17.9 Å². The summed E-state index contributed by atoms with van der Waals surface area (Å²) in [4.78, 5) is 23.6. The van der Waals surface area contributed by atoms with Gasteiger partial charge in [0.15, 0.2) is 0 Å². The summed E-state index contributed by atoms with van der Waals surface area (Å²) in [5, 5.41) is 4.38. The standard InChI is InChI=1S/C16H13F3N2O2S/c17-16(18,19)15(23)21-12-7-3-1-5-10(12)9-20-14(22)11-6-2-4-8-13(11)24/h1-8,24H,9H2,(H,20,22)(H,21,23). The van der Waals surface area contributed by atoms with Crippen molar-refractivity contribution in [3.05, 3.63) is 59.7 Å². The van der Waals surface area contributed by atoms with Crippen LogP contribution in [-0.4, -0.2) is 18.0 Å². The molecule has 0 aliphatic carbocycles. The number of rotatable bonds is 4. The monoisotopic (exact) mass is 354 g/mol. The Kier molecular flexibility index (Phi) is 5.50. The molecular weight excluding hydrogens is 341 g/mol. The van der Waals surface area contributed by atoms with E-state index in [-0.39, 0.29) is 12.2 Å². The summed E-state index contributed by atoms with van der Waals surface area (Å²) in [7, 11) is 0. The van der Waals surface area contributed by atoms with Gasteiger partial charge in [-0.1, -0.05) is 30.3 Å². The highest BCUT2D eigenvalue weighted by atomic mass is 32.1. The summed E-state index contributed by atoms with van der Waals surface area (Å²) in [5.41, 5.74) is 0.678. The molecule has 2 N–H and O–H groups in total. The van der Waals surface area contributed by atoms with Gasteiger partial charge in [-0.25, -0.2) is 0 Å². The molecule has 0 saturated carbocycles. The van der Waals surface area contributed by atoms with E-state index in [4.69, 9.17) is 0 Å². The SMILES string of the molecule is O=C(NCc1ccccc1NC(=O)C(F)(F)F)c1ccccc1S. The number of anilines is 1. The summed E-state index contributed by atoms with van der Waals surface area (Å²) in [5.74, 6) is -2.49. The Labute approximate surface area is 141 Å². The van der Waals surface area contributed by atoms with Crippen LogP contribution < -0.4 is 10.6 Å². The van der Waals surface area contributed by atoms with Crippen molar-refractivity contribution in [2.75, 3.05) is 5.32 Å². The number of amides is 2. The summed E-state index contributed by atoms with van der Waals surface area (Å²) in [6.07, 6.45) is -4.98. The molecule has 4 nitrogen and oxygen atoms in total. The van der Waals surface area contributed by atoms with Gasteiger partial charge < -0.3 is 10.6 Å². The number of alkyl halides is 3. The summed E-state index contributed by atoms with van der Waals surface area (Å²) in [6.45, 7) is -0.0464. The van der Waals surface area contributed by atoms with Gasteiger partial charge in [0, 0.05) is 17.1 Å². The number of carbonyl (C=O) groups is 2. The van der Waals surface area contributed by atoms with Crippen LogP contribution in [0.5, 0.6) is 0 Å². The van der Waals surface area contributed by atoms with Crippen LogP contribution in [0.15, 0.2) is 53.4 Å². The van der Waals surface area contributed by atoms with E-state index in [1.807, 2.05) is 0 Å². The largest absolute Gasteiger partial charge is 0.471 e. The third-order valence-electron chi connectivity index (χ3n) is 3.11. The van der Waals surface area contributed by atoms with Crippen LogP contribution in [0.4, 0.5) is 18.9 Å². The molecule has 2 aromatic carbocycles. The van der Waals surface area contributed by atoms with Crippen LogP contribution >= 0.6 is 12.6 Å². The minimum absolute atomic E-state index is 0.0146. The van der Waals surface area contributed by atoms with E-state index < -0.39 is 18.0 Å². The fraction of sp³-hybridized carbons (Fsp3) is 0.125. The van der Waals surface area contributed by atoms with E-state index in [1.165, 1.54) is 18.2 Å². The van der Waals surface area contributed by atoms with Crippen LogP contribution in [0.3, 0.4) is 0 Å². The second-order valence-electron chi connectivity index (χ2n) is 4.81. The van der Waals surface area contributed by atoms with Gasteiger partial charge >= 0.3 is 12.1 Å². The van der Waals surface area contributed by atoms with E-state index in [1.54, 1.807) is 35.6 Å². The number of nitrogens with one attached hydrogen (secondary N) is 2. The molecular formula is C16H13F3N2O2S. The fourth-order valence-corrected chi connectivity index (χ4v) is 2.19. The molecule has 0 spiro atoms. The van der Waals surface area contributed by atoms with Crippen molar-refractivity contribution in [1.29, 1.82) is 0 Å². The summed E-state index contributed by atoms with van der Waals surface area (Å²) in [6, 6.07) is 12.5. The number of benzene rings is 2. The molecule has 0 saturated heterocycles. The maximum absolute atomic E-state index is 12.4. The van der Waals surface area contributed by atoms with Crippen molar-refractivity contribution in [3.63, 3.8) is 0 Å². The number of halogens is 3. The molecule has 0 heterocycles. The molecule has 24 heavy (non-hydrogen) atoms. The molecule has 2 rings (SSSR count). The Morgan fingerprint density at radius 2 is 1.62 bits per heavy atom. The van der Waals surface area contributed by atoms with Crippen molar-refractivity contribution < 1.29 is 22.8 Å². The predicted octanol–water partition coefficient (Wildman–Crippen LogP) is 3.41. The van der Waals surface area contributed by atoms with Crippen molar-refractivity contribution >= 4 is 30.1 Å². The van der Waals surface area contributed by atoms with E-state index in [0.29, 0.717) is 16.0 Å². The molecule has 0 bridgehead atoms. The quantitative estimate of drug-likeness (QED) is 0.737. The van der Waals surface area contributed by atoms with Gasteiger partial charge in [0.2, 0.25) is 0 Å². The molecule has 2 amide bonds. The lowest BCUT2D eigenvalue weighted by molar-refractivity contribution is -0.167. The molecule has 0 unspecified atom stereocenters. The maximum Gasteiger partial charge on any atom is 0.471 e. The van der Waals surface area contributed by atoms with E-state index in [9.17, 15) is 22.8 Å². The Morgan fingerprint density at radius 1 is 1.00 bits per heavy atom. The Balaban J connectivity index is 2.10. The molecule has 0 atom stereocenters. The zero-order valence-electron chi connectivity index (χ0n) is 12.2. The average Bonchev–Trinajstić information content (AvgIpc) is 2.53. The third kappa shape index (κ3) is 4.51. The zero-order valence-corrected chi connectivity index (χ0v) is 13.1. The van der Waals surface area contributed by atoms with Crippen LogP contribution in [0.1, 0.15) is 15.9 Å². The van der Waals surface area contributed by atoms with Crippen LogP contribution in [0.2, 0.25) is 0 Å². The number of thiol groups is 1. The van der Waals surface area contributed by atoms with Gasteiger partial charge in [0.1, 0.15) is 0 Å². The highest BCUT2D eigenvalue weighted by molar-refractivity contribution is 7.80. The average molecular weight is 354 g/mol. The molecule has 0 aliphatic rings. The maximum atomic E-state index is 12.4.